The summed E-state index contributed by atoms with van der Waals surface area (Å²) >= 11 is 4.93. The number of tetrazole rings is 1. The van der Waals surface area contributed by atoms with Crippen molar-refractivity contribution in [1.29, 1.82) is 0 Å². The molecule has 0 atom stereocenters. The van der Waals surface area contributed by atoms with Gasteiger partial charge >= 0.3 is 0 Å². The summed E-state index contributed by atoms with van der Waals surface area (Å²) in [6.45, 7) is 2.28. The quantitative estimate of drug-likeness (QED) is 0.492. The van der Waals surface area contributed by atoms with Crippen molar-refractivity contribution in [2.24, 2.45) is 12.2 Å². The number of aryl methyl sites for hydroxylation is 2. The van der Waals surface area contributed by atoms with E-state index in [1.165, 1.54) is 0 Å². The summed E-state index contributed by atoms with van der Waals surface area (Å²) in [5, 5.41) is 15.8. The summed E-state index contributed by atoms with van der Waals surface area (Å²) < 4.78 is 2.39. The van der Waals surface area contributed by atoms with Crippen molar-refractivity contribution in [2.75, 3.05) is 0 Å². The van der Waals surface area contributed by atoms with Crippen LogP contribution in [0.5, 0.6) is 0 Å². The lowest BCUT2D eigenvalue weighted by Crippen LogP contribution is -2.12. The van der Waals surface area contributed by atoms with Crippen molar-refractivity contribution >= 4 is 33.0 Å². The number of nitrogens with zero attached hydrogens (tertiary/aromatic N) is 6. The largest absolute Gasteiger partial charge is 0.389 e. The first-order valence-electron chi connectivity index (χ1n) is 6.75. The van der Waals surface area contributed by atoms with Gasteiger partial charge in [-0.25, -0.2) is 9.67 Å². The molecule has 0 radical (unpaired) electrons. The van der Waals surface area contributed by atoms with E-state index in [9.17, 15) is 0 Å². The second-order valence-corrected chi connectivity index (χ2v) is 7.15. The number of benzene rings is 1. The third-order valence-corrected chi connectivity index (χ3v) is 4.57. The summed E-state index contributed by atoms with van der Waals surface area (Å²) in [6, 6.07) is 9.66. The van der Waals surface area contributed by atoms with E-state index in [2.05, 4.69) is 41.6 Å². The maximum Gasteiger partial charge on any atom is 0.204 e. The zero-order valence-electron chi connectivity index (χ0n) is 12.5. The highest BCUT2D eigenvalue weighted by molar-refractivity contribution is 9.11. The van der Waals surface area contributed by atoms with E-state index in [4.69, 9.17) is 4.84 Å². The summed E-state index contributed by atoms with van der Waals surface area (Å²) in [5.41, 5.74) is 2.31. The fraction of sp³-hybridized carbons (Fsp3) is 0.214. The van der Waals surface area contributed by atoms with Crippen LogP contribution in [0, 0.1) is 6.92 Å². The molecule has 0 unspecified atom stereocenters. The predicted octanol–water partition coefficient (Wildman–Crippen LogP) is 2.71. The van der Waals surface area contributed by atoms with E-state index in [1.807, 2.05) is 37.3 Å². The minimum Gasteiger partial charge on any atom is -0.389 e. The van der Waals surface area contributed by atoms with Crippen molar-refractivity contribution in [3.8, 4) is 0 Å². The van der Waals surface area contributed by atoms with Crippen LogP contribution < -0.4 is 0 Å². The Kier molecular flexibility index (Phi) is 4.77. The van der Waals surface area contributed by atoms with Crippen LogP contribution in [0.2, 0.25) is 0 Å². The molecule has 7 nitrogen and oxygen atoms in total. The summed E-state index contributed by atoms with van der Waals surface area (Å²) in [7, 11) is 1.76. The van der Waals surface area contributed by atoms with Gasteiger partial charge in [0.15, 0.2) is 16.2 Å². The first-order valence-corrected chi connectivity index (χ1v) is 8.36. The summed E-state index contributed by atoms with van der Waals surface area (Å²) in [5.74, 6) is 0.535. The molecule has 0 spiro atoms. The Bertz CT molecular complexity index is 829. The van der Waals surface area contributed by atoms with Crippen LogP contribution in [0.15, 0.2) is 39.4 Å². The Balaban J connectivity index is 1.87. The SMILES string of the molecule is Cc1sc(Br)nc1CON=C(c1ccccc1)c1nnnn1C. The Morgan fingerprint density at radius 1 is 1.35 bits per heavy atom. The van der Waals surface area contributed by atoms with E-state index in [0.29, 0.717) is 11.5 Å². The fourth-order valence-corrected chi connectivity index (χ4v) is 3.51. The van der Waals surface area contributed by atoms with Gasteiger partial charge in [0.05, 0.1) is 5.69 Å². The molecule has 0 aliphatic rings. The Hall–Kier alpha value is -2.13. The predicted molar refractivity (Wildman–Crippen MR) is 90.2 cm³/mol. The van der Waals surface area contributed by atoms with Crippen molar-refractivity contribution in [3.05, 3.63) is 56.2 Å². The van der Waals surface area contributed by atoms with E-state index < -0.39 is 0 Å². The molecule has 0 saturated carbocycles. The molecule has 9 heteroatoms. The molecule has 2 aromatic heterocycles. The maximum atomic E-state index is 5.51. The lowest BCUT2D eigenvalue weighted by molar-refractivity contribution is 0.128. The second-order valence-electron chi connectivity index (χ2n) is 4.68. The van der Waals surface area contributed by atoms with Crippen LogP contribution in [0.4, 0.5) is 0 Å². The van der Waals surface area contributed by atoms with Crippen molar-refractivity contribution in [3.63, 3.8) is 0 Å². The number of hydrogen-bond donors (Lipinski definition) is 0. The molecule has 0 N–H and O–H groups in total. The van der Waals surface area contributed by atoms with Crippen LogP contribution in [0.25, 0.3) is 0 Å². The van der Waals surface area contributed by atoms with Crippen molar-refractivity contribution < 1.29 is 4.84 Å². The molecule has 3 aromatic rings. The van der Waals surface area contributed by atoms with Gasteiger partial charge in [0, 0.05) is 17.5 Å². The molecule has 1 aromatic carbocycles. The average molecular weight is 393 g/mol. The highest BCUT2D eigenvalue weighted by Crippen LogP contribution is 2.22. The molecule has 0 aliphatic carbocycles. The molecule has 3 rings (SSSR count). The normalized spacial score (nSPS) is 11.7. The van der Waals surface area contributed by atoms with Crippen LogP contribution in [0.1, 0.15) is 22.0 Å². The number of thiazole rings is 1. The van der Waals surface area contributed by atoms with E-state index in [1.54, 1.807) is 23.1 Å². The molecule has 0 bridgehead atoms. The number of oxime groups is 1. The topological polar surface area (TPSA) is 78.1 Å². The summed E-state index contributed by atoms with van der Waals surface area (Å²) in [6.07, 6.45) is 0. The monoisotopic (exact) mass is 392 g/mol. The van der Waals surface area contributed by atoms with Crippen molar-refractivity contribution in [2.45, 2.75) is 13.5 Å². The summed E-state index contributed by atoms with van der Waals surface area (Å²) in [4.78, 5) is 11.0. The minimum absolute atomic E-state index is 0.287. The molecular formula is C14H13BrN6OS. The second kappa shape index (κ2) is 6.97. The standard InChI is InChI=1S/C14H13BrN6OS/c1-9-11(16-14(15)23-9)8-22-18-12(10-6-4-3-5-7-10)13-17-19-20-21(13)2/h3-7H,8H2,1-2H3. The van der Waals surface area contributed by atoms with E-state index >= 15 is 0 Å². The number of rotatable bonds is 5. The number of hydrogen-bond acceptors (Lipinski definition) is 7. The molecule has 0 aliphatic heterocycles. The van der Waals surface area contributed by atoms with Gasteiger partial charge in [0.25, 0.3) is 0 Å². The lowest BCUT2D eigenvalue weighted by atomic mass is 10.1. The molecule has 0 saturated heterocycles. The zero-order valence-corrected chi connectivity index (χ0v) is 14.9. The molecule has 0 fully saturated rings. The van der Waals surface area contributed by atoms with Gasteiger partial charge in [-0.3, -0.25) is 0 Å². The first-order chi connectivity index (χ1) is 11.1. The Labute approximate surface area is 145 Å². The molecular weight excluding hydrogens is 380 g/mol. The Morgan fingerprint density at radius 3 is 2.74 bits per heavy atom. The van der Waals surface area contributed by atoms with Gasteiger partial charge in [-0.1, -0.05) is 35.5 Å². The van der Waals surface area contributed by atoms with Crippen LogP contribution >= 0.6 is 27.3 Å². The third-order valence-electron chi connectivity index (χ3n) is 3.10. The third kappa shape index (κ3) is 3.62. The number of aromatic nitrogens is 5. The maximum absolute atomic E-state index is 5.51. The highest BCUT2D eigenvalue weighted by atomic mass is 79.9. The van der Waals surface area contributed by atoms with Gasteiger partial charge in [-0.2, -0.15) is 0 Å². The van der Waals surface area contributed by atoms with Crippen LogP contribution in [-0.2, 0) is 18.5 Å². The van der Waals surface area contributed by atoms with Crippen LogP contribution in [0.3, 0.4) is 0 Å². The lowest BCUT2D eigenvalue weighted by Gasteiger charge is -2.05. The van der Waals surface area contributed by atoms with E-state index in [0.717, 1.165) is 20.1 Å². The average Bonchev–Trinajstić information content (AvgIpc) is 3.10. The molecule has 118 valence electrons. The highest BCUT2D eigenvalue weighted by Gasteiger charge is 2.15. The van der Waals surface area contributed by atoms with Crippen LogP contribution in [-0.4, -0.2) is 30.9 Å². The smallest absolute Gasteiger partial charge is 0.204 e. The van der Waals surface area contributed by atoms with Gasteiger partial charge < -0.3 is 4.84 Å². The fourth-order valence-electron chi connectivity index (χ4n) is 1.93. The Morgan fingerprint density at radius 2 is 2.13 bits per heavy atom. The minimum atomic E-state index is 0.287. The molecule has 2 heterocycles. The van der Waals surface area contributed by atoms with Gasteiger partial charge in [-0.15, -0.1) is 16.4 Å². The van der Waals surface area contributed by atoms with E-state index in [-0.39, 0.29) is 6.61 Å². The molecule has 23 heavy (non-hydrogen) atoms. The molecule has 0 amide bonds. The van der Waals surface area contributed by atoms with Gasteiger partial charge in [-0.05, 0) is 33.3 Å². The van der Waals surface area contributed by atoms with Crippen molar-refractivity contribution in [1.82, 2.24) is 25.2 Å². The zero-order chi connectivity index (χ0) is 16.2. The first kappa shape index (κ1) is 15.8. The van der Waals surface area contributed by atoms with Gasteiger partial charge in [0.2, 0.25) is 5.82 Å². The van der Waals surface area contributed by atoms with Gasteiger partial charge in [0.1, 0.15) is 0 Å². The number of halogens is 1.